The zero-order valence-corrected chi connectivity index (χ0v) is 10.2. The van der Waals surface area contributed by atoms with Crippen LogP contribution in [-0.2, 0) is 4.79 Å². The largest absolute Gasteiger partial charge is 0.406 e. The number of hydrogen-bond donors (Lipinski definition) is 0. The van der Waals surface area contributed by atoms with E-state index in [1.807, 2.05) is 13.8 Å². The van der Waals surface area contributed by atoms with Crippen molar-refractivity contribution in [1.29, 1.82) is 0 Å². The Morgan fingerprint density at radius 1 is 1.38 bits per heavy atom. The molecule has 96 valence electrons. The van der Waals surface area contributed by atoms with Gasteiger partial charge in [-0.05, 0) is 12.3 Å². The SMILES string of the molecule is CC(C)CCC(=O)N(CCCl)CC(F)(F)F. The Labute approximate surface area is 98.7 Å². The van der Waals surface area contributed by atoms with Crippen LogP contribution in [0.2, 0.25) is 0 Å². The van der Waals surface area contributed by atoms with Crippen LogP contribution in [0.4, 0.5) is 13.2 Å². The van der Waals surface area contributed by atoms with E-state index in [2.05, 4.69) is 0 Å². The van der Waals surface area contributed by atoms with Crippen molar-refractivity contribution in [3.05, 3.63) is 0 Å². The van der Waals surface area contributed by atoms with Gasteiger partial charge in [-0.3, -0.25) is 4.79 Å². The van der Waals surface area contributed by atoms with E-state index in [-0.39, 0.29) is 18.8 Å². The summed E-state index contributed by atoms with van der Waals surface area (Å²) in [5.41, 5.74) is 0. The second-order valence-corrected chi connectivity index (χ2v) is 4.43. The van der Waals surface area contributed by atoms with E-state index in [9.17, 15) is 18.0 Å². The predicted molar refractivity (Wildman–Crippen MR) is 57.4 cm³/mol. The lowest BCUT2D eigenvalue weighted by atomic mass is 10.1. The maximum absolute atomic E-state index is 12.2. The molecule has 0 bridgehead atoms. The molecule has 0 aliphatic carbocycles. The van der Waals surface area contributed by atoms with Gasteiger partial charge >= 0.3 is 6.18 Å². The molecule has 0 radical (unpaired) electrons. The van der Waals surface area contributed by atoms with Gasteiger partial charge < -0.3 is 4.90 Å². The number of halogens is 4. The standard InChI is InChI=1S/C10H17ClF3NO/c1-8(2)3-4-9(16)15(6-5-11)7-10(12,13)14/h8H,3-7H2,1-2H3. The first kappa shape index (κ1) is 15.6. The molecule has 0 saturated carbocycles. The van der Waals surface area contributed by atoms with E-state index in [1.165, 1.54) is 0 Å². The molecule has 1 amide bonds. The zero-order chi connectivity index (χ0) is 12.8. The Hall–Kier alpha value is -0.450. The Morgan fingerprint density at radius 3 is 2.31 bits per heavy atom. The third-order valence-corrected chi connectivity index (χ3v) is 2.18. The van der Waals surface area contributed by atoms with Crippen LogP contribution in [0.25, 0.3) is 0 Å². The average Bonchev–Trinajstić information content (AvgIpc) is 2.11. The molecule has 2 nitrogen and oxygen atoms in total. The number of alkyl halides is 4. The topological polar surface area (TPSA) is 20.3 Å². The summed E-state index contributed by atoms with van der Waals surface area (Å²) in [5, 5.41) is 0. The molecule has 16 heavy (non-hydrogen) atoms. The fourth-order valence-electron chi connectivity index (χ4n) is 1.18. The second kappa shape index (κ2) is 6.99. The average molecular weight is 260 g/mol. The van der Waals surface area contributed by atoms with E-state index in [1.54, 1.807) is 0 Å². The van der Waals surface area contributed by atoms with Gasteiger partial charge in [-0.25, -0.2) is 0 Å². The summed E-state index contributed by atoms with van der Waals surface area (Å²) in [6.07, 6.45) is -3.63. The van der Waals surface area contributed by atoms with Crippen molar-refractivity contribution < 1.29 is 18.0 Å². The normalized spacial score (nSPS) is 11.9. The minimum Gasteiger partial charge on any atom is -0.332 e. The molecule has 6 heteroatoms. The quantitative estimate of drug-likeness (QED) is 0.672. The zero-order valence-electron chi connectivity index (χ0n) is 9.48. The molecule has 0 aromatic carbocycles. The lowest BCUT2D eigenvalue weighted by Gasteiger charge is -2.23. The fraction of sp³-hybridized carbons (Fsp3) is 0.900. The maximum Gasteiger partial charge on any atom is 0.406 e. The van der Waals surface area contributed by atoms with Crippen LogP contribution in [0.15, 0.2) is 0 Å². The van der Waals surface area contributed by atoms with Crippen molar-refractivity contribution in [3.8, 4) is 0 Å². The molecule has 0 heterocycles. The summed E-state index contributed by atoms with van der Waals surface area (Å²) in [7, 11) is 0. The Morgan fingerprint density at radius 2 is 1.94 bits per heavy atom. The molecule has 0 aromatic heterocycles. The molecule has 0 fully saturated rings. The summed E-state index contributed by atoms with van der Waals surface area (Å²) < 4.78 is 36.5. The van der Waals surface area contributed by atoms with Gasteiger partial charge in [-0.1, -0.05) is 13.8 Å². The minimum absolute atomic E-state index is 0.0174. The van der Waals surface area contributed by atoms with Gasteiger partial charge in [-0.15, -0.1) is 11.6 Å². The van der Waals surface area contributed by atoms with E-state index >= 15 is 0 Å². The van der Waals surface area contributed by atoms with Crippen molar-refractivity contribution >= 4 is 17.5 Å². The number of rotatable bonds is 6. The van der Waals surface area contributed by atoms with Gasteiger partial charge in [0.25, 0.3) is 0 Å². The fourth-order valence-corrected chi connectivity index (χ4v) is 1.38. The first-order valence-electron chi connectivity index (χ1n) is 5.16. The number of nitrogens with zero attached hydrogens (tertiary/aromatic N) is 1. The van der Waals surface area contributed by atoms with Crippen LogP contribution in [0.3, 0.4) is 0 Å². The Bertz CT molecular complexity index is 219. The van der Waals surface area contributed by atoms with Gasteiger partial charge in [0.2, 0.25) is 5.91 Å². The van der Waals surface area contributed by atoms with Gasteiger partial charge in [0.15, 0.2) is 0 Å². The van der Waals surface area contributed by atoms with Gasteiger partial charge in [-0.2, -0.15) is 13.2 Å². The summed E-state index contributed by atoms with van der Waals surface area (Å²) in [4.78, 5) is 12.3. The van der Waals surface area contributed by atoms with Crippen LogP contribution >= 0.6 is 11.6 Å². The first-order valence-corrected chi connectivity index (χ1v) is 5.70. The highest BCUT2D eigenvalue weighted by atomic mass is 35.5. The first-order chi connectivity index (χ1) is 7.26. The summed E-state index contributed by atoms with van der Waals surface area (Å²) >= 11 is 5.37. The molecule has 0 rings (SSSR count). The van der Waals surface area contributed by atoms with Gasteiger partial charge in [0.05, 0.1) is 0 Å². The van der Waals surface area contributed by atoms with Gasteiger partial charge in [0, 0.05) is 18.8 Å². The van der Waals surface area contributed by atoms with Crippen molar-refractivity contribution in [2.75, 3.05) is 19.0 Å². The monoisotopic (exact) mass is 259 g/mol. The summed E-state index contributed by atoms with van der Waals surface area (Å²) in [5.74, 6) is -0.164. The van der Waals surface area contributed by atoms with Crippen molar-refractivity contribution in [2.24, 2.45) is 5.92 Å². The van der Waals surface area contributed by atoms with Crippen molar-refractivity contribution in [2.45, 2.75) is 32.9 Å². The molecule has 0 aromatic rings. The smallest absolute Gasteiger partial charge is 0.332 e. The van der Waals surface area contributed by atoms with Gasteiger partial charge in [0.1, 0.15) is 6.54 Å². The molecule has 0 aliphatic heterocycles. The highest BCUT2D eigenvalue weighted by Gasteiger charge is 2.32. The lowest BCUT2D eigenvalue weighted by Crippen LogP contribution is -2.40. The molecule has 0 spiro atoms. The number of hydrogen-bond acceptors (Lipinski definition) is 1. The molecule has 0 atom stereocenters. The van der Waals surface area contributed by atoms with Crippen LogP contribution < -0.4 is 0 Å². The van der Waals surface area contributed by atoms with Crippen LogP contribution in [-0.4, -0.2) is 36.0 Å². The van der Waals surface area contributed by atoms with E-state index < -0.39 is 18.6 Å². The Balaban J connectivity index is 4.24. The molecule has 0 aliphatic rings. The van der Waals surface area contributed by atoms with E-state index in [0.29, 0.717) is 12.3 Å². The van der Waals surface area contributed by atoms with E-state index in [0.717, 1.165) is 4.90 Å². The number of amides is 1. The van der Waals surface area contributed by atoms with E-state index in [4.69, 9.17) is 11.6 Å². The lowest BCUT2D eigenvalue weighted by molar-refractivity contribution is -0.160. The summed E-state index contributed by atoms with van der Waals surface area (Å²) in [6.45, 7) is 2.57. The molecule has 0 unspecified atom stereocenters. The molecule has 0 N–H and O–H groups in total. The highest BCUT2D eigenvalue weighted by Crippen LogP contribution is 2.17. The minimum atomic E-state index is -4.36. The van der Waals surface area contributed by atoms with Crippen molar-refractivity contribution in [3.63, 3.8) is 0 Å². The third-order valence-electron chi connectivity index (χ3n) is 2.01. The van der Waals surface area contributed by atoms with Crippen molar-refractivity contribution in [1.82, 2.24) is 4.90 Å². The molecular formula is C10H17ClF3NO. The highest BCUT2D eigenvalue weighted by molar-refractivity contribution is 6.18. The number of carbonyl (C=O) groups is 1. The molecular weight excluding hydrogens is 243 g/mol. The Kier molecular flexibility index (Phi) is 6.79. The number of carbonyl (C=O) groups excluding carboxylic acids is 1. The van der Waals surface area contributed by atoms with Crippen LogP contribution in [0.5, 0.6) is 0 Å². The predicted octanol–water partition coefficient (Wildman–Crippen LogP) is 3.05. The third kappa shape index (κ3) is 7.79. The molecule has 0 saturated heterocycles. The van der Waals surface area contributed by atoms with Crippen LogP contribution in [0, 0.1) is 5.92 Å². The second-order valence-electron chi connectivity index (χ2n) is 4.05. The maximum atomic E-state index is 12.2. The summed E-state index contributed by atoms with van der Waals surface area (Å²) in [6, 6.07) is 0. The van der Waals surface area contributed by atoms with Crippen LogP contribution in [0.1, 0.15) is 26.7 Å².